The first-order valence-electron chi connectivity index (χ1n) is 13.0. The van der Waals surface area contributed by atoms with E-state index in [1.54, 1.807) is 21.3 Å². The van der Waals surface area contributed by atoms with Gasteiger partial charge in [-0.3, -0.25) is 0 Å². The Kier molecular flexibility index (Phi) is 7.43. The molecule has 1 aliphatic carbocycles. The van der Waals surface area contributed by atoms with Crippen molar-refractivity contribution in [3.8, 4) is 17.2 Å². The SMILES string of the molecule is COc1cc(C)ccc1[Si](C1=C(C)C(C)=C(C)C1C)(c1ccc(C)cc1OC)c1ccc(C)cc1OC. The highest BCUT2D eigenvalue weighted by Gasteiger charge is 2.52. The summed E-state index contributed by atoms with van der Waals surface area (Å²) >= 11 is 0. The van der Waals surface area contributed by atoms with Crippen LogP contribution in [0.4, 0.5) is 0 Å². The zero-order chi connectivity index (χ0) is 27.1. The van der Waals surface area contributed by atoms with Gasteiger partial charge in [-0.15, -0.1) is 0 Å². The molecule has 0 bridgehead atoms. The van der Waals surface area contributed by atoms with Crippen LogP contribution in [0.15, 0.2) is 76.5 Å². The van der Waals surface area contributed by atoms with Crippen LogP contribution in [-0.4, -0.2) is 29.4 Å². The fourth-order valence-electron chi connectivity index (χ4n) is 6.17. The number of ether oxygens (including phenoxy) is 3. The second-order valence-corrected chi connectivity index (χ2v) is 14.1. The van der Waals surface area contributed by atoms with Crippen LogP contribution < -0.4 is 29.8 Å². The molecule has 4 rings (SSSR count). The molecule has 0 saturated heterocycles. The smallest absolute Gasteiger partial charge is 0.189 e. The van der Waals surface area contributed by atoms with Gasteiger partial charge in [-0.25, -0.2) is 0 Å². The fraction of sp³-hybridized carbons (Fsp3) is 0.333. The van der Waals surface area contributed by atoms with Crippen molar-refractivity contribution in [2.75, 3.05) is 21.3 Å². The lowest BCUT2D eigenvalue weighted by Crippen LogP contribution is -2.70. The first-order chi connectivity index (χ1) is 17.6. The van der Waals surface area contributed by atoms with Crippen LogP contribution in [0.25, 0.3) is 0 Å². The lowest BCUT2D eigenvalue weighted by molar-refractivity contribution is 0.415. The topological polar surface area (TPSA) is 27.7 Å². The van der Waals surface area contributed by atoms with E-state index >= 15 is 0 Å². The van der Waals surface area contributed by atoms with Crippen molar-refractivity contribution < 1.29 is 14.2 Å². The standard InChI is InChI=1S/C33H40O3Si/c1-20-11-14-30(27(17-20)34-8)37(31-15-12-21(2)18-28(31)35-9,32-16-13-22(3)19-29(32)36-10)33-25(6)23(4)24(5)26(33)7/h11-19,25H,1-10H3. The van der Waals surface area contributed by atoms with Crippen molar-refractivity contribution in [1.29, 1.82) is 0 Å². The van der Waals surface area contributed by atoms with Gasteiger partial charge < -0.3 is 14.2 Å². The van der Waals surface area contributed by atoms with Crippen molar-refractivity contribution in [3.63, 3.8) is 0 Å². The molecule has 0 radical (unpaired) electrons. The van der Waals surface area contributed by atoms with Gasteiger partial charge in [0.1, 0.15) is 17.2 Å². The normalized spacial score (nSPS) is 15.9. The molecule has 1 atom stereocenters. The van der Waals surface area contributed by atoms with Crippen LogP contribution in [0.2, 0.25) is 0 Å². The third-order valence-corrected chi connectivity index (χ3v) is 13.6. The maximum absolute atomic E-state index is 6.17. The molecular weight excluding hydrogens is 472 g/mol. The summed E-state index contributed by atoms with van der Waals surface area (Å²) in [6.07, 6.45) is 0. The highest BCUT2D eigenvalue weighted by Crippen LogP contribution is 2.43. The Morgan fingerprint density at radius 2 is 0.892 bits per heavy atom. The monoisotopic (exact) mass is 512 g/mol. The molecule has 3 nitrogen and oxygen atoms in total. The molecule has 0 fully saturated rings. The number of hydrogen-bond donors (Lipinski definition) is 0. The highest BCUT2D eigenvalue weighted by molar-refractivity contribution is 7.17. The summed E-state index contributed by atoms with van der Waals surface area (Å²) < 4.78 is 18.5. The molecule has 194 valence electrons. The minimum atomic E-state index is -3.00. The quantitative estimate of drug-likeness (QED) is 0.289. The van der Waals surface area contributed by atoms with Gasteiger partial charge in [0.2, 0.25) is 0 Å². The lowest BCUT2D eigenvalue weighted by Gasteiger charge is -2.40. The third-order valence-electron chi connectivity index (χ3n) is 8.33. The minimum absolute atomic E-state index is 0.273. The molecule has 0 amide bonds. The van der Waals surface area contributed by atoms with E-state index in [2.05, 4.69) is 103 Å². The Labute approximate surface area is 223 Å². The molecule has 0 aromatic heterocycles. The second-order valence-electron chi connectivity index (χ2n) is 10.4. The Morgan fingerprint density at radius 3 is 1.16 bits per heavy atom. The van der Waals surface area contributed by atoms with Crippen LogP contribution in [0.3, 0.4) is 0 Å². The van der Waals surface area contributed by atoms with Crippen molar-refractivity contribution in [3.05, 3.63) is 93.2 Å². The highest BCUT2D eigenvalue weighted by atomic mass is 28.3. The summed E-state index contributed by atoms with van der Waals surface area (Å²) in [6, 6.07) is 20.0. The Hall–Kier alpha value is -3.24. The Bertz CT molecular complexity index is 1280. The number of benzene rings is 3. The maximum Gasteiger partial charge on any atom is 0.189 e. The van der Waals surface area contributed by atoms with E-state index < -0.39 is 8.07 Å². The third kappa shape index (κ3) is 4.21. The van der Waals surface area contributed by atoms with Gasteiger partial charge in [-0.1, -0.05) is 59.7 Å². The number of hydrogen-bond acceptors (Lipinski definition) is 3. The first-order valence-corrected chi connectivity index (χ1v) is 15.0. The van der Waals surface area contributed by atoms with E-state index in [1.165, 1.54) is 54.2 Å². The minimum Gasteiger partial charge on any atom is -0.497 e. The van der Waals surface area contributed by atoms with E-state index in [1.807, 2.05) is 0 Å². The molecule has 1 unspecified atom stereocenters. The summed E-state index contributed by atoms with van der Waals surface area (Å²) in [4.78, 5) is 0. The number of methoxy groups -OCH3 is 3. The Morgan fingerprint density at radius 1 is 0.541 bits per heavy atom. The van der Waals surface area contributed by atoms with Crippen LogP contribution in [-0.2, 0) is 0 Å². The summed E-state index contributed by atoms with van der Waals surface area (Å²) in [5, 5.41) is 5.12. The summed E-state index contributed by atoms with van der Waals surface area (Å²) in [7, 11) is 2.34. The van der Waals surface area contributed by atoms with Crippen LogP contribution in [0.5, 0.6) is 17.2 Å². The van der Waals surface area contributed by atoms with Crippen LogP contribution in [0.1, 0.15) is 44.4 Å². The molecule has 3 aromatic rings. The van der Waals surface area contributed by atoms with Crippen molar-refractivity contribution in [1.82, 2.24) is 0 Å². The van der Waals surface area contributed by atoms with Gasteiger partial charge in [0.15, 0.2) is 8.07 Å². The zero-order valence-electron chi connectivity index (χ0n) is 24.0. The molecule has 0 heterocycles. The van der Waals surface area contributed by atoms with E-state index in [0.717, 1.165) is 17.2 Å². The van der Waals surface area contributed by atoms with Gasteiger partial charge in [0.25, 0.3) is 0 Å². The van der Waals surface area contributed by atoms with E-state index in [0.29, 0.717) is 0 Å². The van der Waals surface area contributed by atoms with Gasteiger partial charge >= 0.3 is 0 Å². The summed E-state index contributed by atoms with van der Waals surface area (Å²) in [5.41, 5.74) is 7.68. The number of rotatable bonds is 7. The predicted molar refractivity (Wildman–Crippen MR) is 158 cm³/mol. The lowest BCUT2D eigenvalue weighted by atomic mass is 10.1. The zero-order valence-corrected chi connectivity index (χ0v) is 25.0. The van der Waals surface area contributed by atoms with Crippen molar-refractivity contribution in [2.24, 2.45) is 5.92 Å². The largest absolute Gasteiger partial charge is 0.497 e. The molecule has 4 heteroatoms. The molecule has 0 N–H and O–H groups in total. The predicted octanol–water partition coefficient (Wildman–Crippen LogP) is 5.95. The van der Waals surface area contributed by atoms with Gasteiger partial charge in [0.05, 0.1) is 21.3 Å². The van der Waals surface area contributed by atoms with Gasteiger partial charge in [-0.2, -0.15) is 0 Å². The van der Waals surface area contributed by atoms with Crippen LogP contribution in [0, 0.1) is 26.7 Å². The van der Waals surface area contributed by atoms with Crippen LogP contribution >= 0.6 is 0 Å². The average molecular weight is 513 g/mol. The van der Waals surface area contributed by atoms with E-state index in [-0.39, 0.29) is 5.92 Å². The Balaban J connectivity index is 2.34. The molecule has 3 aromatic carbocycles. The first kappa shape index (κ1) is 26.8. The molecule has 0 aliphatic heterocycles. The van der Waals surface area contributed by atoms with E-state index in [9.17, 15) is 0 Å². The average Bonchev–Trinajstić information content (AvgIpc) is 3.08. The molecule has 0 saturated carbocycles. The van der Waals surface area contributed by atoms with Crippen molar-refractivity contribution in [2.45, 2.75) is 48.5 Å². The number of aryl methyl sites for hydroxylation is 3. The van der Waals surface area contributed by atoms with Crippen molar-refractivity contribution >= 4 is 23.6 Å². The number of allylic oxidation sites excluding steroid dienone is 4. The molecule has 0 spiro atoms. The molecule has 1 aliphatic rings. The van der Waals surface area contributed by atoms with Gasteiger partial charge in [0, 0.05) is 0 Å². The summed E-state index contributed by atoms with van der Waals surface area (Å²) in [5.74, 6) is 3.00. The van der Waals surface area contributed by atoms with E-state index in [4.69, 9.17) is 14.2 Å². The fourth-order valence-corrected chi connectivity index (χ4v) is 12.2. The molecular formula is C33H40O3Si. The second kappa shape index (κ2) is 10.3. The summed E-state index contributed by atoms with van der Waals surface area (Å²) in [6.45, 7) is 15.5. The maximum atomic E-state index is 6.17. The molecule has 37 heavy (non-hydrogen) atoms. The van der Waals surface area contributed by atoms with Gasteiger partial charge in [-0.05, 0) is 103 Å².